The van der Waals surface area contributed by atoms with Crippen LogP contribution in [0.1, 0.15) is 5.56 Å². The second-order valence-electron chi connectivity index (χ2n) is 3.62. The number of urea groups is 1. The molecule has 1 fully saturated rings. The molecule has 1 aromatic heterocycles. The molecule has 3 N–H and O–H groups in total. The van der Waals surface area contributed by atoms with E-state index in [1.165, 1.54) is 0 Å². The van der Waals surface area contributed by atoms with Crippen LogP contribution in [0.5, 0.6) is 0 Å². The Labute approximate surface area is 88.3 Å². The molecule has 0 saturated carbocycles. The van der Waals surface area contributed by atoms with Gasteiger partial charge in [0, 0.05) is 32.0 Å². The molecule has 5 nitrogen and oxygen atoms in total. The first-order chi connectivity index (χ1) is 7.29. The zero-order chi connectivity index (χ0) is 10.7. The Hall–Kier alpha value is -1.62. The molecule has 2 rings (SSSR count). The van der Waals surface area contributed by atoms with Gasteiger partial charge in [-0.2, -0.15) is 0 Å². The smallest absolute Gasteiger partial charge is 0.318 e. The van der Waals surface area contributed by atoms with Crippen LogP contribution in [0.2, 0.25) is 0 Å². The van der Waals surface area contributed by atoms with Crippen LogP contribution in [0.25, 0.3) is 0 Å². The lowest BCUT2D eigenvalue weighted by atomic mass is 10.2. The molecule has 1 unspecified atom stereocenters. The van der Waals surface area contributed by atoms with Crippen LogP contribution >= 0.6 is 0 Å². The second-order valence-corrected chi connectivity index (χ2v) is 3.62. The molecule has 2 heterocycles. The van der Waals surface area contributed by atoms with Crippen molar-refractivity contribution in [2.24, 2.45) is 5.73 Å². The van der Waals surface area contributed by atoms with Gasteiger partial charge >= 0.3 is 6.03 Å². The molecule has 0 aliphatic carbocycles. The van der Waals surface area contributed by atoms with E-state index in [2.05, 4.69) is 10.3 Å². The number of pyridine rings is 1. The van der Waals surface area contributed by atoms with E-state index in [1.807, 2.05) is 12.1 Å². The standard InChI is InChI=1S/C10H14N4O/c11-4-9-7-14(10(15)13-9)6-8-2-1-3-12-5-8/h1-3,5,9H,4,6-7,11H2,(H,13,15). The quantitative estimate of drug-likeness (QED) is 0.727. The molecule has 1 saturated heterocycles. The van der Waals surface area contributed by atoms with E-state index in [9.17, 15) is 4.79 Å². The molecule has 0 spiro atoms. The molecule has 1 aliphatic heterocycles. The van der Waals surface area contributed by atoms with Crippen molar-refractivity contribution in [1.29, 1.82) is 0 Å². The monoisotopic (exact) mass is 206 g/mol. The molecular formula is C10H14N4O. The zero-order valence-corrected chi connectivity index (χ0v) is 8.39. The summed E-state index contributed by atoms with van der Waals surface area (Å²) in [6.45, 7) is 1.75. The van der Waals surface area contributed by atoms with Crippen molar-refractivity contribution in [2.45, 2.75) is 12.6 Å². The van der Waals surface area contributed by atoms with Gasteiger partial charge in [-0.1, -0.05) is 6.07 Å². The maximum absolute atomic E-state index is 11.5. The number of carbonyl (C=O) groups excluding carboxylic acids is 1. The van der Waals surface area contributed by atoms with E-state index in [4.69, 9.17) is 5.73 Å². The van der Waals surface area contributed by atoms with Crippen molar-refractivity contribution in [3.05, 3.63) is 30.1 Å². The van der Waals surface area contributed by atoms with Crippen LogP contribution in [0.15, 0.2) is 24.5 Å². The van der Waals surface area contributed by atoms with Crippen LogP contribution < -0.4 is 11.1 Å². The highest BCUT2D eigenvalue weighted by Crippen LogP contribution is 2.08. The fourth-order valence-electron chi connectivity index (χ4n) is 1.64. The van der Waals surface area contributed by atoms with Gasteiger partial charge in [-0.15, -0.1) is 0 Å². The maximum atomic E-state index is 11.5. The minimum Gasteiger partial charge on any atom is -0.332 e. The zero-order valence-electron chi connectivity index (χ0n) is 8.39. The summed E-state index contributed by atoms with van der Waals surface area (Å²) >= 11 is 0. The van der Waals surface area contributed by atoms with Crippen molar-refractivity contribution < 1.29 is 4.79 Å². The van der Waals surface area contributed by atoms with E-state index in [0.717, 1.165) is 5.56 Å². The van der Waals surface area contributed by atoms with Crippen LogP contribution in [-0.4, -0.2) is 35.0 Å². The summed E-state index contributed by atoms with van der Waals surface area (Å²) < 4.78 is 0. The number of carbonyl (C=O) groups is 1. The average Bonchev–Trinajstić information content (AvgIpc) is 2.61. The normalized spacial score (nSPS) is 20.5. The molecule has 2 amide bonds. The van der Waals surface area contributed by atoms with Gasteiger partial charge in [0.2, 0.25) is 0 Å². The molecule has 0 aromatic carbocycles. The average molecular weight is 206 g/mol. The molecule has 0 radical (unpaired) electrons. The highest BCUT2D eigenvalue weighted by Gasteiger charge is 2.27. The van der Waals surface area contributed by atoms with Gasteiger partial charge in [0.1, 0.15) is 0 Å². The first kappa shape index (κ1) is 9.92. The lowest BCUT2D eigenvalue weighted by Crippen LogP contribution is -2.33. The van der Waals surface area contributed by atoms with Crippen molar-refractivity contribution >= 4 is 6.03 Å². The van der Waals surface area contributed by atoms with Crippen LogP contribution in [0.4, 0.5) is 4.79 Å². The molecular weight excluding hydrogens is 192 g/mol. The summed E-state index contributed by atoms with van der Waals surface area (Å²) in [5.41, 5.74) is 6.53. The number of aromatic nitrogens is 1. The van der Waals surface area contributed by atoms with E-state index >= 15 is 0 Å². The fourth-order valence-corrected chi connectivity index (χ4v) is 1.64. The Kier molecular flexibility index (Phi) is 2.82. The minimum atomic E-state index is -0.0469. The maximum Gasteiger partial charge on any atom is 0.318 e. The van der Waals surface area contributed by atoms with Gasteiger partial charge in [0.15, 0.2) is 0 Å². The van der Waals surface area contributed by atoms with Gasteiger partial charge in [-0.05, 0) is 11.6 Å². The lowest BCUT2D eigenvalue weighted by Gasteiger charge is -2.13. The summed E-state index contributed by atoms with van der Waals surface area (Å²) in [6.07, 6.45) is 3.49. The molecule has 1 aliphatic rings. The Balaban J connectivity index is 1.99. The molecule has 1 atom stereocenters. The Morgan fingerprint density at radius 3 is 3.13 bits per heavy atom. The number of nitrogens with one attached hydrogen (secondary N) is 1. The van der Waals surface area contributed by atoms with Gasteiger partial charge in [0.25, 0.3) is 0 Å². The van der Waals surface area contributed by atoms with Crippen molar-refractivity contribution in [1.82, 2.24) is 15.2 Å². The predicted molar refractivity (Wildman–Crippen MR) is 56.0 cm³/mol. The Morgan fingerprint density at radius 2 is 2.53 bits per heavy atom. The first-order valence-corrected chi connectivity index (χ1v) is 4.94. The number of amides is 2. The summed E-state index contributed by atoms with van der Waals surface area (Å²) in [7, 11) is 0. The highest BCUT2D eigenvalue weighted by atomic mass is 16.2. The Bertz CT molecular complexity index is 341. The number of nitrogens with two attached hydrogens (primary N) is 1. The second kappa shape index (κ2) is 4.27. The molecule has 0 bridgehead atoms. The molecule has 1 aromatic rings. The van der Waals surface area contributed by atoms with Crippen molar-refractivity contribution in [3.8, 4) is 0 Å². The van der Waals surface area contributed by atoms with E-state index in [0.29, 0.717) is 19.6 Å². The third-order valence-corrected chi connectivity index (χ3v) is 2.44. The summed E-state index contributed by atoms with van der Waals surface area (Å²) in [4.78, 5) is 17.2. The van der Waals surface area contributed by atoms with Crippen molar-refractivity contribution in [3.63, 3.8) is 0 Å². The summed E-state index contributed by atoms with van der Waals surface area (Å²) in [5, 5.41) is 2.82. The third-order valence-electron chi connectivity index (χ3n) is 2.44. The van der Waals surface area contributed by atoms with Gasteiger partial charge in [0.05, 0.1) is 6.04 Å². The van der Waals surface area contributed by atoms with Gasteiger partial charge in [-0.3, -0.25) is 4.98 Å². The van der Waals surface area contributed by atoms with Gasteiger partial charge < -0.3 is 16.0 Å². The number of hydrogen-bond donors (Lipinski definition) is 2. The van der Waals surface area contributed by atoms with Crippen LogP contribution in [0, 0.1) is 0 Å². The first-order valence-electron chi connectivity index (χ1n) is 4.94. The van der Waals surface area contributed by atoms with E-state index in [1.54, 1.807) is 17.3 Å². The minimum absolute atomic E-state index is 0.0469. The Morgan fingerprint density at radius 1 is 1.67 bits per heavy atom. The number of nitrogens with zero attached hydrogens (tertiary/aromatic N) is 2. The molecule has 80 valence electrons. The lowest BCUT2D eigenvalue weighted by molar-refractivity contribution is 0.215. The summed E-state index contributed by atoms with van der Waals surface area (Å²) in [6, 6.07) is 3.85. The topological polar surface area (TPSA) is 71.2 Å². The van der Waals surface area contributed by atoms with E-state index in [-0.39, 0.29) is 12.1 Å². The van der Waals surface area contributed by atoms with Crippen LogP contribution in [0.3, 0.4) is 0 Å². The highest BCUT2D eigenvalue weighted by molar-refractivity contribution is 5.76. The fraction of sp³-hybridized carbons (Fsp3) is 0.400. The SMILES string of the molecule is NCC1CN(Cc2cccnc2)C(=O)N1. The predicted octanol–water partition coefficient (Wildman–Crippen LogP) is -0.0659. The number of hydrogen-bond acceptors (Lipinski definition) is 3. The van der Waals surface area contributed by atoms with E-state index < -0.39 is 0 Å². The molecule has 15 heavy (non-hydrogen) atoms. The van der Waals surface area contributed by atoms with Crippen molar-refractivity contribution in [2.75, 3.05) is 13.1 Å². The number of rotatable bonds is 3. The third kappa shape index (κ3) is 2.24. The largest absolute Gasteiger partial charge is 0.332 e. The summed E-state index contributed by atoms with van der Waals surface area (Å²) in [5.74, 6) is 0. The molecule has 5 heteroatoms. The van der Waals surface area contributed by atoms with Gasteiger partial charge in [-0.25, -0.2) is 4.79 Å². The van der Waals surface area contributed by atoms with Crippen LogP contribution in [-0.2, 0) is 6.54 Å².